The normalized spacial score (nSPS) is 18.3. The van der Waals surface area contributed by atoms with Gasteiger partial charge in [-0.3, -0.25) is 14.9 Å². The second-order valence-electron chi connectivity index (χ2n) is 6.52. The van der Waals surface area contributed by atoms with Gasteiger partial charge in [-0.2, -0.15) is 0 Å². The molecule has 2 aliphatic rings. The monoisotopic (exact) mass is 349 g/mol. The molecule has 2 aliphatic heterocycles. The van der Waals surface area contributed by atoms with Crippen molar-refractivity contribution < 1.29 is 19.4 Å². The Morgan fingerprint density at radius 1 is 1.28 bits per heavy atom. The number of carbonyl (C=O) groups excluding carboxylic acids is 1. The molecule has 136 valence electrons. The lowest BCUT2D eigenvalue weighted by atomic mass is 10.1. The Morgan fingerprint density at radius 2 is 2.00 bits per heavy atom. The van der Waals surface area contributed by atoms with Gasteiger partial charge in [-0.1, -0.05) is 0 Å². The molecule has 2 N–H and O–H groups in total. The van der Waals surface area contributed by atoms with Crippen LogP contribution in [0.1, 0.15) is 23.2 Å². The molecule has 0 spiro atoms. The van der Waals surface area contributed by atoms with Crippen LogP contribution in [-0.4, -0.2) is 63.3 Å². The maximum absolute atomic E-state index is 12.3. The Labute approximate surface area is 146 Å². The predicted molar refractivity (Wildman–Crippen MR) is 93.3 cm³/mol. The van der Waals surface area contributed by atoms with Gasteiger partial charge < -0.3 is 19.9 Å². The van der Waals surface area contributed by atoms with E-state index in [-0.39, 0.29) is 11.6 Å². The maximum atomic E-state index is 12.3. The Morgan fingerprint density at radius 3 is 2.68 bits per heavy atom. The standard InChI is InChI=1S/C17H24N4O4/c22-17(18-5-8-19-9-11-25-12-10-19)14-3-4-15(16(13-14)21(23)24)20-6-1-2-7-20/h3-4,13H,1-2,5-12H2,(H,18,22)/p+1. The summed E-state index contributed by atoms with van der Waals surface area (Å²) in [6.07, 6.45) is 2.09. The van der Waals surface area contributed by atoms with Crippen LogP contribution in [0.3, 0.4) is 0 Å². The molecule has 2 fully saturated rings. The number of quaternary nitrogens is 1. The van der Waals surface area contributed by atoms with Crippen molar-refractivity contribution in [3.8, 4) is 0 Å². The zero-order chi connectivity index (χ0) is 17.6. The largest absolute Gasteiger partial charge is 0.370 e. The molecule has 0 unspecified atom stereocenters. The van der Waals surface area contributed by atoms with E-state index in [0.29, 0.717) is 17.8 Å². The summed E-state index contributed by atoms with van der Waals surface area (Å²) in [5.41, 5.74) is 0.955. The van der Waals surface area contributed by atoms with E-state index < -0.39 is 4.92 Å². The molecular formula is C17H25N4O4+. The van der Waals surface area contributed by atoms with Crippen molar-refractivity contribution in [3.05, 3.63) is 33.9 Å². The zero-order valence-electron chi connectivity index (χ0n) is 14.3. The van der Waals surface area contributed by atoms with Gasteiger partial charge in [-0.25, -0.2) is 0 Å². The number of anilines is 1. The highest BCUT2D eigenvalue weighted by atomic mass is 16.6. The van der Waals surface area contributed by atoms with Crippen molar-refractivity contribution in [2.75, 3.05) is 57.4 Å². The third-order valence-electron chi connectivity index (χ3n) is 4.85. The second kappa shape index (κ2) is 8.26. The van der Waals surface area contributed by atoms with E-state index in [1.807, 2.05) is 4.90 Å². The van der Waals surface area contributed by atoms with Crippen molar-refractivity contribution in [2.45, 2.75) is 12.8 Å². The molecular weight excluding hydrogens is 324 g/mol. The first-order valence-corrected chi connectivity index (χ1v) is 8.88. The lowest BCUT2D eigenvalue weighted by Crippen LogP contribution is -3.14. The third kappa shape index (κ3) is 4.46. The Bertz CT molecular complexity index is 625. The average Bonchev–Trinajstić information content (AvgIpc) is 3.16. The van der Waals surface area contributed by atoms with Crippen molar-refractivity contribution in [3.63, 3.8) is 0 Å². The van der Waals surface area contributed by atoms with E-state index in [9.17, 15) is 14.9 Å². The number of nitrogens with one attached hydrogen (secondary N) is 2. The molecule has 0 saturated carbocycles. The van der Waals surface area contributed by atoms with Crippen LogP contribution in [0.5, 0.6) is 0 Å². The number of hydrogen-bond acceptors (Lipinski definition) is 5. The van der Waals surface area contributed by atoms with E-state index in [2.05, 4.69) is 5.32 Å². The van der Waals surface area contributed by atoms with E-state index in [0.717, 1.165) is 58.8 Å². The zero-order valence-corrected chi connectivity index (χ0v) is 14.3. The molecule has 0 bridgehead atoms. The highest BCUT2D eigenvalue weighted by Gasteiger charge is 2.24. The number of nitrogens with zero attached hydrogens (tertiary/aromatic N) is 2. The summed E-state index contributed by atoms with van der Waals surface area (Å²) >= 11 is 0. The van der Waals surface area contributed by atoms with Gasteiger partial charge in [0.25, 0.3) is 11.6 Å². The molecule has 0 radical (unpaired) electrons. The van der Waals surface area contributed by atoms with Crippen LogP contribution < -0.4 is 15.1 Å². The summed E-state index contributed by atoms with van der Waals surface area (Å²) in [5.74, 6) is -0.260. The number of carbonyl (C=O) groups is 1. The number of morpholine rings is 1. The van der Waals surface area contributed by atoms with Gasteiger partial charge in [0.2, 0.25) is 0 Å². The topological polar surface area (TPSA) is 89.2 Å². The number of hydrogen-bond donors (Lipinski definition) is 2. The fourth-order valence-electron chi connectivity index (χ4n) is 3.40. The Balaban J connectivity index is 1.61. The highest BCUT2D eigenvalue weighted by molar-refractivity contribution is 5.95. The van der Waals surface area contributed by atoms with E-state index >= 15 is 0 Å². The molecule has 1 aromatic carbocycles. The molecule has 0 aromatic heterocycles. The molecule has 8 heteroatoms. The summed E-state index contributed by atoms with van der Waals surface area (Å²) in [6.45, 7) is 6.46. The number of benzene rings is 1. The molecule has 1 amide bonds. The molecule has 0 aliphatic carbocycles. The van der Waals surface area contributed by atoms with Crippen molar-refractivity contribution in [2.24, 2.45) is 0 Å². The van der Waals surface area contributed by atoms with Crippen molar-refractivity contribution in [1.82, 2.24) is 5.32 Å². The van der Waals surface area contributed by atoms with Gasteiger partial charge in [0.15, 0.2) is 0 Å². The molecule has 2 saturated heterocycles. The van der Waals surface area contributed by atoms with Crippen LogP contribution in [0.2, 0.25) is 0 Å². The average molecular weight is 349 g/mol. The van der Waals surface area contributed by atoms with Crippen LogP contribution in [-0.2, 0) is 4.74 Å². The van der Waals surface area contributed by atoms with Gasteiger partial charge in [0.1, 0.15) is 18.8 Å². The van der Waals surface area contributed by atoms with Crippen molar-refractivity contribution >= 4 is 17.3 Å². The Hall–Kier alpha value is -2.19. The summed E-state index contributed by atoms with van der Waals surface area (Å²) in [7, 11) is 0. The van der Waals surface area contributed by atoms with E-state index in [1.165, 1.54) is 11.0 Å². The van der Waals surface area contributed by atoms with Crippen LogP contribution in [0.25, 0.3) is 0 Å². The third-order valence-corrected chi connectivity index (χ3v) is 4.85. The Kier molecular flexibility index (Phi) is 5.83. The fourth-order valence-corrected chi connectivity index (χ4v) is 3.40. The van der Waals surface area contributed by atoms with Crippen LogP contribution >= 0.6 is 0 Å². The number of nitro groups is 1. The summed E-state index contributed by atoms with van der Waals surface area (Å²) < 4.78 is 5.31. The number of nitro benzene ring substituents is 1. The first-order chi connectivity index (χ1) is 12.1. The minimum atomic E-state index is -0.400. The van der Waals surface area contributed by atoms with Gasteiger partial charge in [0.05, 0.1) is 31.2 Å². The SMILES string of the molecule is O=C(NCC[NH+]1CCOCC1)c1ccc(N2CCCC2)c([N+](=O)[O-])c1. The van der Waals surface area contributed by atoms with Crippen LogP contribution in [0, 0.1) is 10.1 Å². The van der Waals surface area contributed by atoms with Crippen molar-refractivity contribution in [1.29, 1.82) is 0 Å². The second-order valence-corrected chi connectivity index (χ2v) is 6.52. The highest BCUT2D eigenvalue weighted by Crippen LogP contribution is 2.31. The van der Waals surface area contributed by atoms with Gasteiger partial charge in [-0.15, -0.1) is 0 Å². The van der Waals surface area contributed by atoms with Gasteiger partial charge in [-0.05, 0) is 25.0 Å². The summed E-state index contributed by atoms with van der Waals surface area (Å²) in [4.78, 5) is 26.7. The smallest absolute Gasteiger partial charge is 0.293 e. The lowest BCUT2D eigenvalue weighted by molar-refractivity contribution is -0.906. The lowest BCUT2D eigenvalue weighted by Gasteiger charge is -2.23. The quantitative estimate of drug-likeness (QED) is 0.550. The number of ether oxygens (including phenoxy) is 1. The van der Waals surface area contributed by atoms with E-state index in [4.69, 9.17) is 4.74 Å². The van der Waals surface area contributed by atoms with Gasteiger partial charge >= 0.3 is 0 Å². The minimum absolute atomic E-state index is 0.00774. The van der Waals surface area contributed by atoms with E-state index in [1.54, 1.807) is 12.1 Å². The van der Waals surface area contributed by atoms with Gasteiger partial charge in [0, 0.05) is 24.7 Å². The summed E-state index contributed by atoms with van der Waals surface area (Å²) in [6, 6.07) is 4.77. The molecule has 8 nitrogen and oxygen atoms in total. The number of rotatable bonds is 6. The predicted octanol–water partition coefficient (Wildman–Crippen LogP) is -0.160. The number of amides is 1. The molecule has 1 aromatic rings. The van der Waals surface area contributed by atoms with Crippen LogP contribution in [0.4, 0.5) is 11.4 Å². The fraction of sp³-hybridized carbons (Fsp3) is 0.588. The minimum Gasteiger partial charge on any atom is -0.370 e. The first-order valence-electron chi connectivity index (χ1n) is 8.88. The molecule has 25 heavy (non-hydrogen) atoms. The van der Waals surface area contributed by atoms with Crippen LogP contribution in [0.15, 0.2) is 18.2 Å². The maximum Gasteiger partial charge on any atom is 0.293 e. The molecule has 2 heterocycles. The first kappa shape index (κ1) is 17.6. The molecule has 3 rings (SSSR count). The summed E-state index contributed by atoms with van der Waals surface area (Å²) in [5, 5.41) is 14.3. The molecule has 0 atom stereocenters.